The summed E-state index contributed by atoms with van der Waals surface area (Å²) in [5, 5.41) is 1.14. The standard InChI is InChI=1S/C17H20N2O3/c1-2-17-11-18(7-8-19(17)16(20)21-12-17)10-14-9-13-5-3-4-6-15(13)22-14/h3-6,9H,2,7-8,10-12H2,1H3. The predicted molar refractivity (Wildman–Crippen MR) is 82.6 cm³/mol. The molecule has 1 aromatic carbocycles. The average Bonchev–Trinajstić information content (AvgIpc) is 3.08. The topological polar surface area (TPSA) is 45.9 Å². The van der Waals surface area contributed by atoms with Gasteiger partial charge < -0.3 is 9.15 Å². The number of hydrogen-bond donors (Lipinski definition) is 0. The summed E-state index contributed by atoms with van der Waals surface area (Å²) in [4.78, 5) is 16.1. The number of carbonyl (C=O) groups excluding carboxylic acids is 1. The summed E-state index contributed by atoms with van der Waals surface area (Å²) in [6, 6.07) is 10.2. The zero-order valence-electron chi connectivity index (χ0n) is 12.7. The maximum atomic E-state index is 11.8. The second kappa shape index (κ2) is 5.02. The Hall–Kier alpha value is -2.01. The number of carbonyl (C=O) groups is 1. The van der Waals surface area contributed by atoms with Crippen molar-refractivity contribution in [2.45, 2.75) is 25.4 Å². The molecule has 1 atom stereocenters. The lowest BCUT2D eigenvalue weighted by atomic mass is 9.93. The number of amides is 1. The zero-order chi connectivity index (χ0) is 15.2. The van der Waals surface area contributed by atoms with Gasteiger partial charge in [-0.1, -0.05) is 25.1 Å². The number of ether oxygens (including phenoxy) is 1. The van der Waals surface area contributed by atoms with Crippen LogP contribution in [0.2, 0.25) is 0 Å². The van der Waals surface area contributed by atoms with Gasteiger partial charge in [0.2, 0.25) is 0 Å². The highest BCUT2D eigenvalue weighted by molar-refractivity contribution is 5.77. The molecule has 0 radical (unpaired) electrons. The summed E-state index contributed by atoms with van der Waals surface area (Å²) in [5.74, 6) is 0.978. The van der Waals surface area contributed by atoms with Crippen LogP contribution in [0.25, 0.3) is 11.0 Å². The minimum absolute atomic E-state index is 0.162. The molecule has 2 fully saturated rings. The van der Waals surface area contributed by atoms with Crippen LogP contribution in [0.4, 0.5) is 4.79 Å². The molecule has 0 spiro atoms. The zero-order valence-corrected chi connectivity index (χ0v) is 12.7. The highest BCUT2D eigenvalue weighted by atomic mass is 16.6. The largest absolute Gasteiger partial charge is 0.460 e. The number of para-hydroxylation sites is 1. The van der Waals surface area contributed by atoms with Crippen LogP contribution in [-0.4, -0.2) is 47.7 Å². The van der Waals surface area contributed by atoms with Crippen molar-refractivity contribution in [2.24, 2.45) is 0 Å². The lowest BCUT2D eigenvalue weighted by Gasteiger charge is -2.44. The number of nitrogens with zero attached hydrogens (tertiary/aromatic N) is 2. The van der Waals surface area contributed by atoms with Crippen molar-refractivity contribution in [3.05, 3.63) is 36.1 Å². The number of fused-ring (bicyclic) bond motifs is 2. The van der Waals surface area contributed by atoms with E-state index in [1.165, 1.54) is 0 Å². The Labute approximate surface area is 129 Å². The number of piperazine rings is 1. The average molecular weight is 300 g/mol. The molecule has 1 unspecified atom stereocenters. The van der Waals surface area contributed by atoms with Gasteiger partial charge in [0, 0.05) is 25.0 Å². The van der Waals surface area contributed by atoms with Crippen molar-refractivity contribution in [1.82, 2.24) is 9.80 Å². The predicted octanol–water partition coefficient (Wildman–Crippen LogP) is 2.85. The summed E-state index contributed by atoms with van der Waals surface area (Å²) >= 11 is 0. The van der Waals surface area contributed by atoms with Gasteiger partial charge in [-0.05, 0) is 18.6 Å². The Balaban J connectivity index is 1.53. The summed E-state index contributed by atoms with van der Waals surface area (Å²) < 4.78 is 11.2. The lowest BCUT2D eigenvalue weighted by Crippen LogP contribution is -2.60. The molecule has 116 valence electrons. The van der Waals surface area contributed by atoms with E-state index in [9.17, 15) is 4.79 Å². The molecule has 2 aliphatic heterocycles. The van der Waals surface area contributed by atoms with E-state index in [0.717, 1.165) is 49.3 Å². The maximum Gasteiger partial charge on any atom is 0.410 e. The Bertz CT molecular complexity index is 678. The molecular weight excluding hydrogens is 280 g/mol. The van der Waals surface area contributed by atoms with Gasteiger partial charge in [-0.15, -0.1) is 0 Å². The van der Waals surface area contributed by atoms with E-state index < -0.39 is 0 Å². The smallest absolute Gasteiger partial charge is 0.410 e. The summed E-state index contributed by atoms with van der Waals surface area (Å²) in [6.45, 7) is 5.82. The van der Waals surface area contributed by atoms with Crippen molar-refractivity contribution in [3.63, 3.8) is 0 Å². The highest BCUT2D eigenvalue weighted by Crippen LogP contribution is 2.32. The van der Waals surface area contributed by atoms with Gasteiger partial charge >= 0.3 is 6.09 Å². The van der Waals surface area contributed by atoms with Gasteiger partial charge in [0.05, 0.1) is 12.1 Å². The van der Waals surface area contributed by atoms with Crippen molar-refractivity contribution in [2.75, 3.05) is 26.2 Å². The lowest BCUT2D eigenvalue weighted by molar-refractivity contribution is 0.0419. The van der Waals surface area contributed by atoms with Crippen molar-refractivity contribution < 1.29 is 13.9 Å². The Morgan fingerprint density at radius 1 is 1.27 bits per heavy atom. The van der Waals surface area contributed by atoms with Crippen molar-refractivity contribution in [3.8, 4) is 0 Å². The molecule has 2 aliphatic rings. The van der Waals surface area contributed by atoms with Gasteiger partial charge in [0.15, 0.2) is 0 Å². The minimum atomic E-state index is -0.165. The molecule has 0 N–H and O–H groups in total. The third kappa shape index (κ3) is 2.08. The minimum Gasteiger partial charge on any atom is -0.460 e. The van der Waals surface area contributed by atoms with Crippen LogP contribution < -0.4 is 0 Å². The molecule has 1 amide bonds. The van der Waals surface area contributed by atoms with Gasteiger partial charge in [-0.25, -0.2) is 4.79 Å². The first-order valence-corrected chi connectivity index (χ1v) is 7.84. The van der Waals surface area contributed by atoms with Crippen LogP contribution >= 0.6 is 0 Å². The number of rotatable bonds is 3. The van der Waals surface area contributed by atoms with E-state index in [0.29, 0.717) is 6.61 Å². The number of cyclic esters (lactones) is 1. The first-order chi connectivity index (χ1) is 10.7. The Kier molecular flexibility index (Phi) is 3.11. The maximum absolute atomic E-state index is 11.8. The van der Waals surface area contributed by atoms with E-state index in [1.807, 2.05) is 23.1 Å². The number of benzene rings is 1. The highest BCUT2D eigenvalue weighted by Gasteiger charge is 2.49. The number of furan rings is 1. The molecule has 0 saturated carbocycles. The summed E-state index contributed by atoms with van der Waals surface area (Å²) in [6.07, 6.45) is 0.750. The third-order valence-electron chi connectivity index (χ3n) is 4.93. The fourth-order valence-electron chi connectivity index (χ4n) is 3.62. The molecule has 0 bridgehead atoms. The van der Waals surface area contributed by atoms with E-state index in [2.05, 4.69) is 24.0 Å². The van der Waals surface area contributed by atoms with Crippen molar-refractivity contribution >= 4 is 17.1 Å². The van der Waals surface area contributed by atoms with Crippen LogP contribution in [-0.2, 0) is 11.3 Å². The monoisotopic (exact) mass is 300 g/mol. The molecule has 5 nitrogen and oxygen atoms in total. The third-order valence-corrected chi connectivity index (χ3v) is 4.93. The summed E-state index contributed by atoms with van der Waals surface area (Å²) in [5.41, 5.74) is 0.766. The summed E-state index contributed by atoms with van der Waals surface area (Å²) in [7, 11) is 0. The molecule has 1 aromatic heterocycles. The van der Waals surface area contributed by atoms with Crippen LogP contribution in [0.3, 0.4) is 0 Å². The first-order valence-electron chi connectivity index (χ1n) is 7.84. The molecule has 22 heavy (non-hydrogen) atoms. The fraction of sp³-hybridized carbons (Fsp3) is 0.471. The second-order valence-corrected chi connectivity index (χ2v) is 6.25. The van der Waals surface area contributed by atoms with Crippen LogP contribution in [0.5, 0.6) is 0 Å². The van der Waals surface area contributed by atoms with E-state index in [4.69, 9.17) is 9.15 Å². The van der Waals surface area contributed by atoms with E-state index in [-0.39, 0.29) is 11.6 Å². The second-order valence-electron chi connectivity index (χ2n) is 6.25. The molecule has 4 rings (SSSR count). The van der Waals surface area contributed by atoms with E-state index in [1.54, 1.807) is 0 Å². The van der Waals surface area contributed by atoms with Crippen LogP contribution in [0.15, 0.2) is 34.7 Å². The number of hydrogen-bond acceptors (Lipinski definition) is 4. The molecule has 3 heterocycles. The Morgan fingerprint density at radius 2 is 2.14 bits per heavy atom. The molecular formula is C17H20N2O3. The Morgan fingerprint density at radius 3 is 2.95 bits per heavy atom. The van der Waals surface area contributed by atoms with Gasteiger partial charge in [-0.3, -0.25) is 9.80 Å². The van der Waals surface area contributed by atoms with Gasteiger partial charge in [-0.2, -0.15) is 0 Å². The van der Waals surface area contributed by atoms with Gasteiger partial charge in [0.25, 0.3) is 0 Å². The normalized spacial score (nSPS) is 25.5. The molecule has 0 aliphatic carbocycles. The SMILES string of the molecule is CCC12COC(=O)N1CCN(Cc1cc3ccccc3o1)C2. The van der Waals surface area contributed by atoms with Gasteiger partial charge in [0.1, 0.15) is 18.0 Å². The quantitative estimate of drug-likeness (QED) is 0.874. The molecule has 2 saturated heterocycles. The first kappa shape index (κ1) is 13.6. The van der Waals surface area contributed by atoms with Crippen LogP contribution in [0.1, 0.15) is 19.1 Å². The molecule has 5 heteroatoms. The fourth-order valence-corrected chi connectivity index (χ4v) is 3.62. The molecule has 2 aromatic rings. The van der Waals surface area contributed by atoms with Crippen LogP contribution in [0, 0.1) is 0 Å². The van der Waals surface area contributed by atoms with E-state index >= 15 is 0 Å². The van der Waals surface area contributed by atoms with Crippen molar-refractivity contribution in [1.29, 1.82) is 0 Å².